The molecule has 1 aromatic rings. The highest BCUT2D eigenvalue weighted by Gasteiger charge is 2.18. The van der Waals surface area contributed by atoms with Crippen molar-refractivity contribution in [3.8, 4) is 12.3 Å². The van der Waals surface area contributed by atoms with Crippen LogP contribution in [0.2, 0.25) is 0 Å². The van der Waals surface area contributed by atoms with Gasteiger partial charge >= 0.3 is 0 Å². The predicted molar refractivity (Wildman–Crippen MR) is 89.9 cm³/mol. The normalized spacial score (nSPS) is 13.9. The summed E-state index contributed by atoms with van der Waals surface area (Å²) in [6.07, 6.45) is 10.8. The Kier molecular flexibility index (Phi) is 8.82. The van der Waals surface area contributed by atoms with E-state index in [1.54, 1.807) is 0 Å². The molecule has 0 saturated heterocycles. The minimum atomic E-state index is 0.0179. The molecule has 0 bridgehead atoms. The van der Waals surface area contributed by atoms with Crippen molar-refractivity contribution < 1.29 is 5.11 Å². The third-order valence-electron chi connectivity index (χ3n) is 3.94. The number of hydrogen-bond acceptors (Lipinski definition) is 2. The van der Waals surface area contributed by atoms with E-state index in [4.69, 9.17) is 6.42 Å². The van der Waals surface area contributed by atoms with Crippen molar-refractivity contribution in [3.63, 3.8) is 0 Å². The standard InChI is InChI=1S/C19H29NO/c1-4-5-6-7-11-14-18(16(2)3)20-19(15-21)17-12-9-8-10-13-17/h1,8-10,12-13,16,18-21H,5-7,11,14-15H2,2-3H3/t18-,19-/m0/s1. The number of hydrogen-bond donors (Lipinski definition) is 2. The molecule has 0 aliphatic rings. The lowest BCUT2D eigenvalue weighted by Gasteiger charge is -2.28. The van der Waals surface area contributed by atoms with Crippen LogP contribution in [-0.4, -0.2) is 17.8 Å². The van der Waals surface area contributed by atoms with Crippen molar-refractivity contribution in [1.29, 1.82) is 0 Å². The van der Waals surface area contributed by atoms with Crippen LogP contribution in [0, 0.1) is 18.3 Å². The minimum absolute atomic E-state index is 0.0179. The van der Waals surface area contributed by atoms with Gasteiger partial charge < -0.3 is 10.4 Å². The minimum Gasteiger partial charge on any atom is -0.394 e. The molecule has 1 rings (SSSR count). The van der Waals surface area contributed by atoms with Crippen LogP contribution < -0.4 is 5.32 Å². The van der Waals surface area contributed by atoms with Crippen LogP contribution in [0.15, 0.2) is 30.3 Å². The average Bonchev–Trinajstić information content (AvgIpc) is 2.50. The van der Waals surface area contributed by atoms with E-state index < -0.39 is 0 Å². The van der Waals surface area contributed by atoms with Crippen molar-refractivity contribution in [3.05, 3.63) is 35.9 Å². The smallest absolute Gasteiger partial charge is 0.0626 e. The molecule has 0 fully saturated rings. The van der Waals surface area contributed by atoms with E-state index in [-0.39, 0.29) is 12.6 Å². The Morgan fingerprint density at radius 3 is 2.43 bits per heavy atom. The van der Waals surface area contributed by atoms with Crippen LogP contribution in [0.1, 0.15) is 57.6 Å². The zero-order valence-electron chi connectivity index (χ0n) is 13.4. The fourth-order valence-electron chi connectivity index (χ4n) is 2.58. The Hall–Kier alpha value is -1.30. The van der Waals surface area contributed by atoms with Gasteiger partial charge in [0.15, 0.2) is 0 Å². The van der Waals surface area contributed by atoms with Crippen LogP contribution in [0.3, 0.4) is 0 Å². The number of aliphatic hydroxyl groups is 1. The SMILES string of the molecule is C#CCCCCC[C@H](N[C@@H](CO)c1ccccc1)C(C)C. The van der Waals surface area contributed by atoms with E-state index in [1.165, 1.54) is 12.8 Å². The summed E-state index contributed by atoms with van der Waals surface area (Å²) in [4.78, 5) is 0. The number of aliphatic hydroxyl groups excluding tert-OH is 1. The summed E-state index contributed by atoms with van der Waals surface area (Å²) >= 11 is 0. The molecule has 1 aromatic carbocycles. The largest absolute Gasteiger partial charge is 0.394 e. The molecular weight excluding hydrogens is 258 g/mol. The Morgan fingerprint density at radius 2 is 1.86 bits per heavy atom. The molecule has 0 aliphatic heterocycles. The van der Waals surface area contributed by atoms with Crippen molar-refractivity contribution >= 4 is 0 Å². The summed E-state index contributed by atoms with van der Waals surface area (Å²) in [5.41, 5.74) is 1.15. The van der Waals surface area contributed by atoms with Gasteiger partial charge in [0.25, 0.3) is 0 Å². The van der Waals surface area contributed by atoms with Crippen LogP contribution in [0.5, 0.6) is 0 Å². The van der Waals surface area contributed by atoms with Crippen LogP contribution in [0.4, 0.5) is 0 Å². The van der Waals surface area contributed by atoms with E-state index in [0.717, 1.165) is 24.8 Å². The number of unbranched alkanes of at least 4 members (excludes halogenated alkanes) is 3. The summed E-state index contributed by atoms with van der Waals surface area (Å²) in [5, 5.41) is 13.3. The molecule has 0 aliphatic carbocycles. The lowest BCUT2D eigenvalue weighted by molar-refractivity contribution is 0.216. The highest BCUT2D eigenvalue weighted by atomic mass is 16.3. The first-order valence-electron chi connectivity index (χ1n) is 8.04. The van der Waals surface area contributed by atoms with E-state index in [9.17, 15) is 5.11 Å². The van der Waals surface area contributed by atoms with Crippen LogP contribution in [0.25, 0.3) is 0 Å². The molecule has 0 heterocycles. The molecule has 2 atom stereocenters. The zero-order valence-corrected chi connectivity index (χ0v) is 13.4. The molecule has 2 N–H and O–H groups in total. The first kappa shape index (κ1) is 17.8. The first-order chi connectivity index (χ1) is 10.2. The number of benzene rings is 1. The molecule has 0 radical (unpaired) electrons. The second-order valence-electron chi connectivity index (χ2n) is 5.97. The third kappa shape index (κ3) is 6.80. The fourth-order valence-corrected chi connectivity index (χ4v) is 2.58. The second kappa shape index (κ2) is 10.4. The monoisotopic (exact) mass is 287 g/mol. The molecule has 0 amide bonds. The Balaban J connectivity index is 2.50. The Morgan fingerprint density at radius 1 is 1.14 bits per heavy atom. The fraction of sp³-hybridized carbons (Fsp3) is 0.579. The van der Waals surface area contributed by atoms with E-state index >= 15 is 0 Å². The number of nitrogens with one attached hydrogen (secondary N) is 1. The number of terminal acetylenes is 1. The van der Waals surface area contributed by atoms with E-state index in [1.807, 2.05) is 18.2 Å². The van der Waals surface area contributed by atoms with Crippen LogP contribution in [-0.2, 0) is 0 Å². The predicted octanol–water partition coefficient (Wildman–Crippen LogP) is 3.92. The molecular formula is C19H29NO. The lowest BCUT2D eigenvalue weighted by atomic mass is 9.95. The van der Waals surface area contributed by atoms with Gasteiger partial charge in [0.05, 0.1) is 12.6 Å². The summed E-state index contributed by atoms with van der Waals surface area (Å²) in [6.45, 7) is 4.60. The summed E-state index contributed by atoms with van der Waals surface area (Å²) < 4.78 is 0. The van der Waals surface area contributed by atoms with Crippen molar-refractivity contribution in [1.82, 2.24) is 5.32 Å². The maximum absolute atomic E-state index is 9.67. The van der Waals surface area contributed by atoms with Gasteiger partial charge in [-0.25, -0.2) is 0 Å². The van der Waals surface area contributed by atoms with Gasteiger partial charge in [-0.05, 0) is 24.3 Å². The quantitative estimate of drug-likeness (QED) is 0.505. The van der Waals surface area contributed by atoms with E-state index in [0.29, 0.717) is 12.0 Å². The second-order valence-corrected chi connectivity index (χ2v) is 5.97. The first-order valence-corrected chi connectivity index (χ1v) is 8.04. The molecule has 0 saturated carbocycles. The molecule has 21 heavy (non-hydrogen) atoms. The molecule has 0 spiro atoms. The maximum atomic E-state index is 9.67. The van der Waals surface area contributed by atoms with Gasteiger partial charge in [-0.1, -0.05) is 57.0 Å². The number of rotatable bonds is 10. The van der Waals surface area contributed by atoms with Gasteiger partial charge in [-0.15, -0.1) is 12.3 Å². The third-order valence-corrected chi connectivity index (χ3v) is 3.94. The summed E-state index contributed by atoms with van der Waals surface area (Å²) in [5.74, 6) is 3.24. The average molecular weight is 287 g/mol. The van der Waals surface area contributed by atoms with Gasteiger partial charge in [0.2, 0.25) is 0 Å². The maximum Gasteiger partial charge on any atom is 0.0626 e. The Labute approximate surface area is 130 Å². The topological polar surface area (TPSA) is 32.3 Å². The summed E-state index contributed by atoms with van der Waals surface area (Å²) in [7, 11) is 0. The molecule has 0 unspecified atom stereocenters. The van der Waals surface area contributed by atoms with Gasteiger partial charge in [-0.3, -0.25) is 0 Å². The van der Waals surface area contributed by atoms with Gasteiger partial charge in [0.1, 0.15) is 0 Å². The van der Waals surface area contributed by atoms with Gasteiger partial charge in [-0.2, -0.15) is 0 Å². The van der Waals surface area contributed by atoms with E-state index in [2.05, 4.69) is 37.2 Å². The summed E-state index contributed by atoms with van der Waals surface area (Å²) in [6, 6.07) is 10.6. The molecule has 0 aromatic heterocycles. The highest BCUT2D eigenvalue weighted by molar-refractivity contribution is 5.19. The van der Waals surface area contributed by atoms with Crippen LogP contribution >= 0.6 is 0 Å². The zero-order chi connectivity index (χ0) is 15.5. The lowest BCUT2D eigenvalue weighted by Crippen LogP contribution is -2.38. The van der Waals surface area contributed by atoms with Crippen molar-refractivity contribution in [2.24, 2.45) is 5.92 Å². The van der Waals surface area contributed by atoms with Crippen molar-refractivity contribution in [2.45, 2.75) is 58.0 Å². The van der Waals surface area contributed by atoms with Gasteiger partial charge in [0, 0.05) is 12.5 Å². The Bertz CT molecular complexity index is 407. The molecule has 2 heteroatoms. The van der Waals surface area contributed by atoms with Crippen molar-refractivity contribution in [2.75, 3.05) is 6.61 Å². The highest BCUT2D eigenvalue weighted by Crippen LogP contribution is 2.18. The molecule has 116 valence electrons. The molecule has 2 nitrogen and oxygen atoms in total.